The summed E-state index contributed by atoms with van der Waals surface area (Å²) in [6.07, 6.45) is 4.16. The number of halogens is 1. The van der Waals surface area contributed by atoms with Crippen LogP contribution in [0.15, 0.2) is 17.5 Å². The second kappa shape index (κ2) is 8.78. The highest BCUT2D eigenvalue weighted by atomic mass is 35.5. The maximum atomic E-state index is 12.0. The number of nitrogens with one attached hydrogen (secondary N) is 2. The number of aryl methyl sites for hydroxylation is 1. The monoisotopic (exact) mass is 371 g/mol. The van der Waals surface area contributed by atoms with Gasteiger partial charge in [0.2, 0.25) is 5.91 Å². The number of thiophene rings is 1. The van der Waals surface area contributed by atoms with Crippen LogP contribution in [-0.4, -0.2) is 30.0 Å². The highest BCUT2D eigenvalue weighted by molar-refractivity contribution is 7.16. The number of carbonyl (C=O) groups is 1. The van der Waals surface area contributed by atoms with Gasteiger partial charge in [0, 0.05) is 16.8 Å². The van der Waals surface area contributed by atoms with E-state index in [9.17, 15) is 4.79 Å². The zero-order valence-electron chi connectivity index (χ0n) is 13.1. The molecule has 2 N–H and O–H groups in total. The first-order valence-electron chi connectivity index (χ1n) is 7.75. The third kappa shape index (κ3) is 5.01. The maximum absolute atomic E-state index is 12.0. The molecule has 2 aromatic heterocycles. The largest absolute Gasteiger partial charge is 0.354 e. The number of carbonyl (C=O) groups excluding carboxylic acids is 1. The Bertz CT molecular complexity index is 635. The van der Waals surface area contributed by atoms with E-state index in [0.29, 0.717) is 6.54 Å². The van der Waals surface area contributed by atoms with Crippen molar-refractivity contribution in [3.8, 4) is 10.6 Å². The molecule has 3 rings (SSSR count). The lowest BCUT2D eigenvalue weighted by Gasteiger charge is -2.22. The third-order valence-electron chi connectivity index (χ3n) is 3.83. The van der Waals surface area contributed by atoms with Crippen molar-refractivity contribution in [3.05, 3.63) is 27.4 Å². The van der Waals surface area contributed by atoms with Crippen LogP contribution in [0.25, 0.3) is 10.6 Å². The molecule has 1 atom stereocenters. The maximum Gasteiger partial charge on any atom is 0.237 e. The SMILES string of the molecule is Cc1nc(-c2ccc(CCNC(=O)C3CCCCN3)s2)cs1.Cl. The second-order valence-corrected chi connectivity index (χ2v) is 7.79. The Hall–Kier alpha value is -0.950. The Kier molecular flexibility index (Phi) is 7.02. The fraction of sp³-hybridized carbons (Fsp3) is 0.500. The van der Waals surface area contributed by atoms with Gasteiger partial charge in [-0.1, -0.05) is 6.42 Å². The number of thiazole rings is 1. The van der Waals surface area contributed by atoms with Crippen molar-refractivity contribution in [2.75, 3.05) is 13.1 Å². The van der Waals surface area contributed by atoms with Crippen LogP contribution in [0.5, 0.6) is 0 Å². The summed E-state index contributed by atoms with van der Waals surface area (Å²) in [5.41, 5.74) is 1.06. The van der Waals surface area contributed by atoms with Gasteiger partial charge in [-0.15, -0.1) is 35.1 Å². The van der Waals surface area contributed by atoms with Gasteiger partial charge in [-0.25, -0.2) is 4.98 Å². The predicted octanol–water partition coefficient (Wildman–Crippen LogP) is 3.40. The molecule has 1 unspecified atom stereocenters. The van der Waals surface area contributed by atoms with Gasteiger partial charge >= 0.3 is 0 Å². The molecule has 0 aliphatic carbocycles. The van der Waals surface area contributed by atoms with Crippen LogP contribution in [0.1, 0.15) is 29.1 Å². The van der Waals surface area contributed by atoms with E-state index < -0.39 is 0 Å². The summed E-state index contributed by atoms with van der Waals surface area (Å²) < 4.78 is 0. The van der Waals surface area contributed by atoms with Gasteiger partial charge in [0.25, 0.3) is 0 Å². The Labute approximate surface area is 151 Å². The molecule has 7 heteroatoms. The molecule has 3 heterocycles. The molecule has 23 heavy (non-hydrogen) atoms. The molecule has 1 amide bonds. The first kappa shape index (κ1) is 18.4. The Morgan fingerprint density at radius 2 is 2.30 bits per heavy atom. The topological polar surface area (TPSA) is 54.0 Å². The molecule has 2 aromatic rings. The van der Waals surface area contributed by atoms with Gasteiger partial charge in [-0.3, -0.25) is 4.79 Å². The number of aromatic nitrogens is 1. The van der Waals surface area contributed by atoms with Crippen molar-refractivity contribution in [1.29, 1.82) is 0 Å². The predicted molar refractivity (Wildman–Crippen MR) is 99.8 cm³/mol. The number of rotatable bonds is 5. The number of amides is 1. The van der Waals surface area contributed by atoms with Crippen molar-refractivity contribution in [1.82, 2.24) is 15.6 Å². The van der Waals surface area contributed by atoms with Gasteiger partial charge in [-0.05, 0) is 44.9 Å². The number of hydrogen-bond acceptors (Lipinski definition) is 5. The Balaban J connectivity index is 0.00000192. The summed E-state index contributed by atoms with van der Waals surface area (Å²) in [5, 5.41) is 9.52. The van der Waals surface area contributed by atoms with Gasteiger partial charge in [0.1, 0.15) is 0 Å². The first-order valence-corrected chi connectivity index (χ1v) is 9.44. The molecule has 4 nitrogen and oxygen atoms in total. The van der Waals surface area contributed by atoms with Crippen LogP contribution >= 0.6 is 35.1 Å². The highest BCUT2D eigenvalue weighted by Gasteiger charge is 2.19. The summed E-state index contributed by atoms with van der Waals surface area (Å²) in [4.78, 5) is 19.1. The third-order valence-corrected chi connectivity index (χ3v) is 5.77. The van der Waals surface area contributed by atoms with E-state index >= 15 is 0 Å². The van der Waals surface area contributed by atoms with E-state index in [2.05, 4.69) is 33.1 Å². The average Bonchev–Trinajstić information content (AvgIpc) is 3.17. The molecule has 1 saturated heterocycles. The smallest absolute Gasteiger partial charge is 0.237 e. The second-order valence-electron chi connectivity index (χ2n) is 5.56. The molecule has 1 aliphatic rings. The fourth-order valence-corrected chi connectivity index (χ4v) is 4.29. The number of hydrogen-bond donors (Lipinski definition) is 2. The number of piperidine rings is 1. The number of nitrogens with zero attached hydrogens (tertiary/aromatic N) is 1. The molecule has 0 saturated carbocycles. The Morgan fingerprint density at radius 3 is 3.00 bits per heavy atom. The molecular weight excluding hydrogens is 350 g/mol. The van der Waals surface area contributed by atoms with Crippen LogP contribution in [0.2, 0.25) is 0 Å². The molecule has 0 spiro atoms. The summed E-state index contributed by atoms with van der Waals surface area (Å²) >= 11 is 3.44. The van der Waals surface area contributed by atoms with Crippen molar-refractivity contribution in [2.24, 2.45) is 0 Å². The van der Waals surface area contributed by atoms with Crippen molar-refractivity contribution in [2.45, 2.75) is 38.6 Å². The molecule has 0 bridgehead atoms. The van der Waals surface area contributed by atoms with Crippen molar-refractivity contribution < 1.29 is 4.79 Å². The average molecular weight is 372 g/mol. The lowest BCUT2D eigenvalue weighted by atomic mass is 10.0. The summed E-state index contributed by atoms with van der Waals surface area (Å²) in [5.74, 6) is 0.145. The normalized spacial score (nSPS) is 17.5. The van der Waals surface area contributed by atoms with Crippen LogP contribution < -0.4 is 10.6 Å². The molecule has 1 fully saturated rings. The van der Waals surface area contributed by atoms with Gasteiger partial charge in [0.05, 0.1) is 21.6 Å². The van der Waals surface area contributed by atoms with Crippen LogP contribution in [-0.2, 0) is 11.2 Å². The minimum Gasteiger partial charge on any atom is -0.354 e. The zero-order chi connectivity index (χ0) is 15.4. The lowest BCUT2D eigenvalue weighted by molar-refractivity contribution is -0.123. The van der Waals surface area contributed by atoms with E-state index in [1.807, 2.05) is 6.92 Å². The molecule has 1 aliphatic heterocycles. The van der Waals surface area contributed by atoms with Crippen molar-refractivity contribution >= 4 is 41.0 Å². The van der Waals surface area contributed by atoms with Gasteiger partial charge in [-0.2, -0.15) is 0 Å². The summed E-state index contributed by atoms with van der Waals surface area (Å²) in [6.45, 7) is 3.68. The quantitative estimate of drug-likeness (QED) is 0.846. The molecule has 0 radical (unpaired) electrons. The van der Waals surface area contributed by atoms with Gasteiger partial charge in [0.15, 0.2) is 0 Å². The molecule has 126 valence electrons. The van der Waals surface area contributed by atoms with Crippen LogP contribution in [0, 0.1) is 6.92 Å². The minimum atomic E-state index is 0. The van der Waals surface area contributed by atoms with E-state index in [4.69, 9.17) is 0 Å². The van der Waals surface area contributed by atoms with Crippen molar-refractivity contribution in [3.63, 3.8) is 0 Å². The zero-order valence-corrected chi connectivity index (χ0v) is 15.6. The van der Waals surface area contributed by atoms with Gasteiger partial charge < -0.3 is 10.6 Å². The molecule has 0 aromatic carbocycles. The van der Waals surface area contributed by atoms with E-state index in [1.165, 1.54) is 16.2 Å². The minimum absolute atomic E-state index is 0. The van der Waals surface area contributed by atoms with E-state index in [1.54, 1.807) is 22.7 Å². The summed E-state index contributed by atoms with van der Waals surface area (Å²) in [6, 6.07) is 4.27. The fourth-order valence-electron chi connectivity index (χ4n) is 2.63. The van der Waals surface area contributed by atoms with Crippen LogP contribution in [0.4, 0.5) is 0 Å². The first-order chi connectivity index (χ1) is 10.7. The van der Waals surface area contributed by atoms with Crippen LogP contribution in [0.3, 0.4) is 0 Å². The summed E-state index contributed by atoms with van der Waals surface area (Å²) in [7, 11) is 0. The molecular formula is C16H22ClN3OS2. The lowest BCUT2D eigenvalue weighted by Crippen LogP contribution is -2.47. The standard InChI is InChI=1S/C16H21N3OS2.ClH/c1-11-19-14(10-21-11)15-6-5-12(22-15)7-9-18-16(20)13-4-2-3-8-17-13;/h5-6,10,13,17H,2-4,7-9H2,1H3,(H,18,20);1H. The van der Waals surface area contributed by atoms with E-state index in [0.717, 1.165) is 36.5 Å². The highest BCUT2D eigenvalue weighted by Crippen LogP contribution is 2.29. The Morgan fingerprint density at radius 1 is 1.43 bits per heavy atom. The van der Waals surface area contributed by atoms with E-state index in [-0.39, 0.29) is 24.4 Å².